The van der Waals surface area contributed by atoms with Gasteiger partial charge in [-0.25, -0.2) is 0 Å². The Hall–Kier alpha value is 0.137. The lowest BCUT2D eigenvalue weighted by Gasteiger charge is -2.37. The first-order chi connectivity index (χ1) is 6.71. The molecule has 1 fully saturated rings. The molecular formula is C11H26N2Si. The van der Waals surface area contributed by atoms with Crippen molar-refractivity contribution < 1.29 is 0 Å². The van der Waals surface area contributed by atoms with Gasteiger partial charge in [-0.3, -0.25) is 0 Å². The Morgan fingerprint density at radius 1 is 1.07 bits per heavy atom. The molecule has 0 radical (unpaired) electrons. The van der Waals surface area contributed by atoms with Crippen LogP contribution < -0.4 is 9.96 Å². The molecule has 1 rings (SSSR count). The zero-order chi connectivity index (χ0) is 10.6. The van der Waals surface area contributed by atoms with Crippen LogP contribution in [0.3, 0.4) is 0 Å². The lowest BCUT2D eigenvalue weighted by molar-refractivity contribution is 0.698. The summed E-state index contributed by atoms with van der Waals surface area (Å²) in [7, 11) is -1.37. The molecule has 1 aliphatic heterocycles. The van der Waals surface area contributed by atoms with Crippen molar-refractivity contribution in [3.05, 3.63) is 0 Å². The van der Waals surface area contributed by atoms with Crippen molar-refractivity contribution in [1.29, 1.82) is 0 Å². The molecule has 0 amide bonds. The van der Waals surface area contributed by atoms with Crippen LogP contribution in [0.25, 0.3) is 0 Å². The average Bonchev–Trinajstić information content (AvgIpc) is 2.46. The summed E-state index contributed by atoms with van der Waals surface area (Å²) in [5.74, 6) is 0. The van der Waals surface area contributed by atoms with Gasteiger partial charge in [0, 0.05) is 0 Å². The van der Waals surface area contributed by atoms with E-state index in [1.54, 1.807) is 0 Å². The molecule has 0 aliphatic carbocycles. The predicted molar refractivity (Wildman–Crippen MR) is 65.8 cm³/mol. The number of hydrogen-bond acceptors (Lipinski definition) is 2. The summed E-state index contributed by atoms with van der Waals surface area (Å²) in [6.07, 6.45) is 4.20. The van der Waals surface area contributed by atoms with Crippen LogP contribution in [-0.4, -0.2) is 21.5 Å². The van der Waals surface area contributed by atoms with Crippen LogP contribution in [0.5, 0.6) is 0 Å². The summed E-state index contributed by atoms with van der Waals surface area (Å²) < 4.78 is 0. The van der Waals surface area contributed by atoms with Gasteiger partial charge >= 0.3 is 0 Å². The van der Waals surface area contributed by atoms with Gasteiger partial charge in [0.05, 0.1) is 0 Å². The third kappa shape index (κ3) is 2.04. The van der Waals surface area contributed by atoms with Crippen LogP contribution in [0.2, 0.25) is 11.1 Å². The maximum absolute atomic E-state index is 3.84. The molecule has 2 unspecified atom stereocenters. The lowest BCUT2D eigenvalue weighted by atomic mass is 10.2. The van der Waals surface area contributed by atoms with E-state index in [4.69, 9.17) is 0 Å². The van der Waals surface area contributed by atoms with Gasteiger partial charge in [0.15, 0.2) is 0 Å². The monoisotopic (exact) mass is 214 g/mol. The van der Waals surface area contributed by atoms with Crippen molar-refractivity contribution in [2.24, 2.45) is 0 Å². The first-order valence-electron chi connectivity index (χ1n) is 6.21. The molecule has 0 aromatic rings. The molecule has 0 saturated carbocycles. The van der Waals surface area contributed by atoms with E-state index in [9.17, 15) is 0 Å². The highest BCUT2D eigenvalue weighted by Gasteiger charge is 2.49. The third-order valence-electron chi connectivity index (χ3n) is 3.80. The van der Waals surface area contributed by atoms with Gasteiger partial charge in [-0.1, -0.05) is 47.0 Å². The second-order valence-corrected chi connectivity index (χ2v) is 8.76. The fraction of sp³-hybridized carbons (Fsp3) is 1.00. The van der Waals surface area contributed by atoms with Gasteiger partial charge < -0.3 is 9.96 Å². The summed E-state index contributed by atoms with van der Waals surface area (Å²) in [6.45, 7) is 11.5. The fourth-order valence-corrected chi connectivity index (χ4v) is 8.38. The maximum atomic E-state index is 3.84. The molecule has 0 aromatic carbocycles. The van der Waals surface area contributed by atoms with Gasteiger partial charge in [-0.05, 0) is 24.2 Å². The van der Waals surface area contributed by atoms with Crippen molar-refractivity contribution in [3.8, 4) is 0 Å². The molecule has 2 nitrogen and oxygen atoms in total. The Morgan fingerprint density at radius 3 is 2.07 bits per heavy atom. The zero-order valence-corrected chi connectivity index (χ0v) is 11.2. The smallest absolute Gasteiger partial charge is 0.207 e. The van der Waals surface area contributed by atoms with E-state index < -0.39 is 8.40 Å². The van der Waals surface area contributed by atoms with Crippen LogP contribution in [0.15, 0.2) is 0 Å². The van der Waals surface area contributed by atoms with Crippen molar-refractivity contribution in [3.63, 3.8) is 0 Å². The average molecular weight is 214 g/mol. The highest BCUT2D eigenvalue weighted by molar-refractivity contribution is 6.78. The van der Waals surface area contributed by atoms with E-state index in [-0.39, 0.29) is 0 Å². The van der Waals surface area contributed by atoms with Crippen molar-refractivity contribution in [1.82, 2.24) is 9.96 Å². The Kier molecular flexibility index (Phi) is 4.61. The number of hydrogen-bond donors (Lipinski definition) is 2. The van der Waals surface area contributed by atoms with E-state index in [1.807, 2.05) is 0 Å². The second kappa shape index (κ2) is 5.28. The van der Waals surface area contributed by atoms with Crippen LogP contribution in [-0.2, 0) is 0 Å². The molecule has 0 spiro atoms. The quantitative estimate of drug-likeness (QED) is 0.688. The first-order valence-corrected chi connectivity index (χ1v) is 8.36. The third-order valence-corrected chi connectivity index (χ3v) is 9.51. The van der Waals surface area contributed by atoms with Crippen LogP contribution in [0, 0.1) is 0 Å². The molecule has 3 heteroatoms. The molecule has 2 N–H and O–H groups in total. The molecular weight excluding hydrogens is 188 g/mol. The summed E-state index contributed by atoms with van der Waals surface area (Å²) in [6, 6.07) is 0. The van der Waals surface area contributed by atoms with E-state index in [0.29, 0.717) is 0 Å². The molecule has 1 aliphatic rings. The first kappa shape index (κ1) is 12.2. The number of nitrogens with one attached hydrogen (secondary N) is 2. The van der Waals surface area contributed by atoms with Crippen LogP contribution in [0.1, 0.15) is 47.0 Å². The standard InChI is InChI=1S/C11H26N2Si/c1-5-11-9-8-10(4)14(11,12-6-2)13-7-3/h10-13H,5-9H2,1-4H3. The summed E-state index contributed by atoms with van der Waals surface area (Å²) in [5, 5.41) is 0. The SMILES string of the molecule is CCN[Si]1(NCC)C(C)CCC1CC. The highest BCUT2D eigenvalue weighted by Crippen LogP contribution is 2.44. The summed E-state index contributed by atoms with van der Waals surface area (Å²) in [4.78, 5) is 7.67. The summed E-state index contributed by atoms with van der Waals surface area (Å²) in [5.41, 5.74) is 1.84. The van der Waals surface area contributed by atoms with Gasteiger partial charge in [-0.2, -0.15) is 0 Å². The molecule has 14 heavy (non-hydrogen) atoms. The van der Waals surface area contributed by atoms with E-state index in [2.05, 4.69) is 37.7 Å². The van der Waals surface area contributed by atoms with Crippen LogP contribution in [0.4, 0.5) is 0 Å². The second-order valence-electron chi connectivity index (χ2n) is 4.51. The normalized spacial score (nSPS) is 30.9. The van der Waals surface area contributed by atoms with Gasteiger partial charge in [0.1, 0.15) is 0 Å². The molecule has 0 bridgehead atoms. The Balaban J connectivity index is 2.78. The highest BCUT2D eigenvalue weighted by atomic mass is 28.3. The molecule has 1 heterocycles. The molecule has 0 aromatic heterocycles. The lowest BCUT2D eigenvalue weighted by Crippen LogP contribution is -2.65. The predicted octanol–water partition coefficient (Wildman–Crippen LogP) is 2.61. The molecule has 84 valence electrons. The number of rotatable bonds is 5. The minimum Gasteiger partial charge on any atom is -0.325 e. The Bertz CT molecular complexity index is 167. The van der Waals surface area contributed by atoms with Crippen molar-refractivity contribution in [2.75, 3.05) is 13.1 Å². The Labute approximate surface area is 90.0 Å². The van der Waals surface area contributed by atoms with Crippen LogP contribution >= 0.6 is 0 Å². The fourth-order valence-electron chi connectivity index (χ4n) is 3.12. The van der Waals surface area contributed by atoms with Gasteiger partial charge in [-0.15, -0.1) is 0 Å². The van der Waals surface area contributed by atoms with E-state index >= 15 is 0 Å². The van der Waals surface area contributed by atoms with Gasteiger partial charge in [0.25, 0.3) is 0 Å². The van der Waals surface area contributed by atoms with Gasteiger partial charge in [0.2, 0.25) is 8.40 Å². The molecule has 1 saturated heterocycles. The topological polar surface area (TPSA) is 24.1 Å². The maximum Gasteiger partial charge on any atom is 0.207 e. The van der Waals surface area contributed by atoms with E-state index in [0.717, 1.165) is 24.2 Å². The minimum atomic E-state index is -1.37. The summed E-state index contributed by atoms with van der Waals surface area (Å²) >= 11 is 0. The molecule has 2 atom stereocenters. The Morgan fingerprint density at radius 2 is 1.64 bits per heavy atom. The van der Waals surface area contributed by atoms with Crippen molar-refractivity contribution >= 4 is 8.40 Å². The largest absolute Gasteiger partial charge is 0.325 e. The van der Waals surface area contributed by atoms with E-state index in [1.165, 1.54) is 19.3 Å². The minimum absolute atomic E-state index is 0.896. The van der Waals surface area contributed by atoms with Crippen molar-refractivity contribution in [2.45, 2.75) is 58.0 Å². The zero-order valence-electron chi connectivity index (χ0n) is 10.2.